The molecule has 0 spiro atoms. The van der Waals surface area contributed by atoms with Gasteiger partial charge >= 0.3 is 0 Å². The zero-order chi connectivity index (χ0) is 8.55. The lowest BCUT2D eigenvalue weighted by molar-refractivity contribution is 0.537. The average Bonchev–Trinajstić information content (AvgIpc) is 2.49. The van der Waals surface area contributed by atoms with Gasteiger partial charge in [0.25, 0.3) is 0 Å². The van der Waals surface area contributed by atoms with Crippen molar-refractivity contribution in [2.75, 3.05) is 0 Å². The number of hydrogen-bond acceptors (Lipinski definition) is 2. The van der Waals surface area contributed by atoms with Gasteiger partial charge in [-0.1, -0.05) is 13.0 Å². The maximum Gasteiger partial charge on any atom is 0.195 e. The number of aromatic nitrogens is 1. The summed E-state index contributed by atoms with van der Waals surface area (Å²) in [6, 6.07) is 5.85. The van der Waals surface area contributed by atoms with Crippen molar-refractivity contribution in [1.29, 1.82) is 0 Å². The second kappa shape index (κ2) is 2.90. The highest BCUT2D eigenvalue weighted by atomic mass is 79.9. The van der Waals surface area contributed by atoms with Gasteiger partial charge in [0, 0.05) is 6.42 Å². The number of rotatable bonds is 1. The van der Waals surface area contributed by atoms with E-state index in [-0.39, 0.29) is 0 Å². The molecule has 0 aliphatic rings. The van der Waals surface area contributed by atoms with Gasteiger partial charge in [0.15, 0.2) is 11.5 Å². The molecule has 12 heavy (non-hydrogen) atoms. The highest BCUT2D eigenvalue weighted by molar-refractivity contribution is 9.10. The van der Waals surface area contributed by atoms with Crippen LogP contribution in [0.1, 0.15) is 12.8 Å². The van der Waals surface area contributed by atoms with Gasteiger partial charge in [0.05, 0.1) is 4.47 Å². The Morgan fingerprint density at radius 1 is 1.50 bits per heavy atom. The van der Waals surface area contributed by atoms with Gasteiger partial charge in [0.2, 0.25) is 0 Å². The summed E-state index contributed by atoms with van der Waals surface area (Å²) in [6.45, 7) is 2.03. The molecule has 1 aromatic carbocycles. The summed E-state index contributed by atoms with van der Waals surface area (Å²) in [6.07, 6.45) is 0.834. The number of halogens is 1. The molecular weight excluding hydrogens is 218 g/mol. The van der Waals surface area contributed by atoms with Crippen LogP contribution in [0, 0.1) is 0 Å². The van der Waals surface area contributed by atoms with Crippen molar-refractivity contribution < 1.29 is 4.42 Å². The van der Waals surface area contributed by atoms with Crippen LogP contribution >= 0.6 is 15.9 Å². The van der Waals surface area contributed by atoms with E-state index in [0.717, 1.165) is 27.9 Å². The zero-order valence-electron chi connectivity index (χ0n) is 6.67. The van der Waals surface area contributed by atoms with Gasteiger partial charge in [-0.3, -0.25) is 0 Å². The largest absolute Gasteiger partial charge is 0.440 e. The summed E-state index contributed by atoms with van der Waals surface area (Å²) < 4.78 is 6.45. The maximum absolute atomic E-state index is 5.49. The van der Waals surface area contributed by atoms with Crippen molar-refractivity contribution in [3.63, 3.8) is 0 Å². The first kappa shape index (κ1) is 7.80. The van der Waals surface area contributed by atoms with Gasteiger partial charge in [-0.25, -0.2) is 4.98 Å². The number of oxazole rings is 1. The lowest BCUT2D eigenvalue weighted by atomic mass is 10.3. The summed E-state index contributed by atoms with van der Waals surface area (Å²) in [5, 5.41) is 0. The minimum absolute atomic E-state index is 0.789. The van der Waals surface area contributed by atoms with Crippen LogP contribution in [0.3, 0.4) is 0 Å². The molecule has 0 unspecified atom stereocenters. The van der Waals surface area contributed by atoms with E-state index in [0.29, 0.717) is 0 Å². The second-order valence-electron chi connectivity index (χ2n) is 2.55. The molecule has 0 bridgehead atoms. The highest BCUT2D eigenvalue weighted by Crippen LogP contribution is 2.24. The van der Waals surface area contributed by atoms with E-state index in [1.54, 1.807) is 0 Å². The fourth-order valence-electron chi connectivity index (χ4n) is 1.11. The fourth-order valence-corrected chi connectivity index (χ4v) is 1.55. The number of para-hydroxylation sites is 1. The van der Waals surface area contributed by atoms with Crippen molar-refractivity contribution in [2.24, 2.45) is 0 Å². The van der Waals surface area contributed by atoms with Crippen molar-refractivity contribution in [3.05, 3.63) is 28.6 Å². The summed E-state index contributed by atoms with van der Waals surface area (Å²) in [5.41, 5.74) is 1.76. The Labute approximate surface area is 78.7 Å². The second-order valence-corrected chi connectivity index (χ2v) is 3.40. The van der Waals surface area contributed by atoms with E-state index in [2.05, 4.69) is 20.9 Å². The van der Waals surface area contributed by atoms with E-state index < -0.39 is 0 Å². The molecule has 62 valence electrons. The van der Waals surface area contributed by atoms with E-state index in [9.17, 15) is 0 Å². The third-order valence-corrected chi connectivity index (χ3v) is 2.34. The Morgan fingerprint density at radius 3 is 3.00 bits per heavy atom. The average molecular weight is 226 g/mol. The minimum Gasteiger partial charge on any atom is -0.440 e. The normalized spacial score (nSPS) is 10.8. The van der Waals surface area contributed by atoms with Gasteiger partial charge < -0.3 is 4.42 Å². The van der Waals surface area contributed by atoms with Crippen LogP contribution in [0.2, 0.25) is 0 Å². The molecule has 1 aromatic heterocycles. The molecule has 2 rings (SSSR count). The first-order valence-electron chi connectivity index (χ1n) is 3.85. The van der Waals surface area contributed by atoms with Crippen LogP contribution in [0.5, 0.6) is 0 Å². The molecular formula is C9H8BrNO. The molecule has 0 N–H and O–H groups in total. The monoisotopic (exact) mass is 225 g/mol. The number of benzene rings is 1. The lowest BCUT2D eigenvalue weighted by Crippen LogP contribution is -1.74. The summed E-state index contributed by atoms with van der Waals surface area (Å²) in [4.78, 5) is 4.30. The fraction of sp³-hybridized carbons (Fsp3) is 0.222. The SMILES string of the molecule is CCc1nc2cccc(Br)c2o1. The molecule has 0 atom stereocenters. The summed E-state index contributed by atoms with van der Waals surface area (Å²) in [7, 11) is 0. The Morgan fingerprint density at radius 2 is 2.33 bits per heavy atom. The molecule has 0 fully saturated rings. The van der Waals surface area contributed by atoms with E-state index >= 15 is 0 Å². The van der Waals surface area contributed by atoms with Crippen molar-refractivity contribution in [3.8, 4) is 0 Å². The maximum atomic E-state index is 5.49. The smallest absolute Gasteiger partial charge is 0.195 e. The van der Waals surface area contributed by atoms with Crippen molar-refractivity contribution in [1.82, 2.24) is 4.98 Å². The molecule has 0 saturated carbocycles. The Hall–Kier alpha value is -0.830. The van der Waals surface area contributed by atoms with Crippen LogP contribution < -0.4 is 0 Å². The van der Waals surface area contributed by atoms with E-state index in [1.807, 2.05) is 25.1 Å². The first-order valence-corrected chi connectivity index (χ1v) is 4.64. The first-order chi connectivity index (χ1) is 5.81. The van der Waals surface area contributed by atoms with Crippen LogP contribution in [0.25, 0.3) is 11.1 Å². The quantitative estimate of drug-likeness (QED) is 0.746. The predicted molar refractivity (Wildman–Crippen MR) is 51.1 cm³/mol. The van der Waals surface area contributed by atoms with Gasteiger partial charge in [-0.05, 0) is 28.1 Å². The molecule has 0 amide bonds. The highest BCUT2D eigenvalue weighted by Gasteiger charge is 2.05. The number of hydrogen-bond donors (Lipinski definition) is 0. The van der Waals surface area contributed by atoms with Gasteiger partial charge in [0.1, 0.15) is 5.52 Å². The molecule has 0 aliphatic carbocycles. The Balaban J connectivity index is 2.74. The number of nitrogens with zero attached hydrogens (tertiary/aromatic N) is 1. The van der Waals surface area contributed by atoms with Gasteiger partial charge in [-0.15, -0.1) is 0 Å². The predicted octanol–water partition coefficient (Wildman–Crippen LogP) is 3.15. The molecule has 3 heteroatoms. The molecule has 2 aromatic rings. The molecule has 1 heterocycles. The zero-order valence-corrected chi connectivity index (χ0v) is 8.26. The topological polar surface area (TPSA) is 26.0 Å². The minimum atomic E-state index is 0.789. The summed E-state index contributed by atoms with van der Waals surface area (Å²) >= 11 is 3.41. The van der Waals surface area contributed by atoms with Crippen molar-refractivity contribution in [2.45, 2.75) is 13.3 Å². The van der Waals surface area contributed by atoms with Crippen LogP contribution in [0.15, 0.2) is 27.1 Å². The number of fused-ring (bicyclic) bond motifs is 1. The Bertz CT molecular complexity index is 408. The van der Waals surface area contributed by atoms with Crippen LogP contribution in [-0.2, 0) is 6.42 Å². The van der Waals surface area contributed by atoms with Crippen LogP contribution in [0.4, 0.5) is 0 Å². The number of aryl methyl sites for hydroxylation is 1. The molecule has 0 saturated heterocycles. The summed E-state index contributed by atoms with van der Waals surface area (Å²) in [5.74, 6) is 0.789. The molecule has 0 aliphatic heterocycles. The third-order valence-electron chi connectivity index (χ3n) is 1.71. The molecule has 0 radical (unpaired) electrons. The Kier molecular flexibility index (Phi) is 1.89. The standard InChI is InChI=1S/C9H8BrNO/c1-2-8-11-7-5-3-4-6(10)9(7)12-8/h3-5H,2H2,1H3. The van der Waals surface area contributed by atoms with E-state index in [1.165, 1.54) is 0 Å². The lowest BCUT2D eigenvalue weighted by Gasteiger charge is -1.87. The van der Waals surface area contributed by atoms with Crippen molar-refractivity contribution >= 4 is 27.0 Å². The third kappa shape index (κ3) is 1.14. The van der Waals surface area contributed by atoms with Gasteiger partial charge in [-0.2, -0.15) is 0 Å². The van der Waals surface area contributed by atoms with Crippen LogP contribution in [-0.4, -0.2) is 4.98 Å². The van der Waals surface area contributed by atoms with E-state index in [4.69, 9.17) is 4.42 Å². The molecule has 2 nitrogen and oxygen atoms in total.